The lowest BCUT2D eigenvalue weighted by molar-refractivity contribution is -0.117. The number of rotatable bonds is 5. The van der Waals surface area contributed by atoms with Crippen LogP contribution in [0, 0.1) is 0 Å². The molecule has 0 spiro atoms. The number of carbonyl (C=O) groups excluding carboxylic acids is 1. The van der Waals surface area contributed by atoms with Gasteiger partial charge in [-0.2, -0.15) is 0 Å². The summed E-state index contributed by atoms with van der Waals surface area (Å²) in [5.74, 6) is -0.245. The summed E-state index contributed by atoms with van der Waals surface area (Å²) in [7, 11) is 1.57. The van der Waals surface area contributed by atoms with Crippen LogP contribution in [-0.2, 0) is 9.53 Å². The Morgan fingerprint density at radius 3 is 3.12 bits per heavy atom. The van der Waals surface area contributed by atoms with Crippen LogP contribution < -0.4 is 11.1 Å². The van der Waals surface area contributed by atoms with Crippen molar-refractivity contribution in [3.8, 4) is 0 Å². The predicted molar refractivity (Wildman–Crippen MR) is 65.0 cm³/mol. The van der Waals surface area contributed by atoms with Gasteiger partial charge in [-0.05, 0) is 34.5 Å². The van der Waals surface area contributed by atoms with E-state index in [-0.39, 0.29) is 5.91 Å². The number of aromatic nitrogens is 1. The Morgan fingerprint density at radius 1 is 1.75 bits per heavy atom. The molecule has 88 valence electrons. The van der Waals surface area contributed by atoms with Gasteiger partial charge in [-0.15, -0.1) is 0 Å². The zero-order valence-corrected chi connectivity index (χ0v) is 10.5. The molecule has 5 nitrogen and oxygen atoms in total. The molecule has 1 atom stereocenters. The van der Waals surface area contributed by atoms with Gasteiger partial charge < -0.3 is 15.8 Å². The summed E-state index contributed by atoms with van der Waals surface area (Å²) in [6.45, 7) is 0.461. The highest BCUT2D eigenvalue weighted by molar-refractivity contribution is 9.10. The lowest BCUT2D eigenvalue weighted by atomic mass is 10.2. The molecule has 1 aromatic heterocycles. The molecule has 1 rings (SSSR count). The van der Waals surface area contributed by atoms with E-state index in [0.717, 1.165) is 0 Å². The second-order valence-electron chi connectivity index (χ2n) is 3.22. The van der Waals surface area contributed by atoms with Crippen LogP contribution in [-0.4, -0.2) is 30.6 Å². The molecule has 1 unspecified atom stereocenters. The van der Waals surface area contributed by atoms with Crippen molar-refractivity contribution < 1.29 is 9.53 Å². The van der Waals surface area contributed by atoms with E-state index in [1.807, 2.05) is 0 Å². The zero-order valence-electron chi connectivity index (χ0n) is 8.94. The van der Waals surface area contributed by atoms with Gasteiger partial charge in [0, 0.05) is 19.9 Å². The minimum atomic E-state index is -0.577. The molecule has 0 radical (unpaired) electrons. The van der Waals surface area contributed by atoms with Crippen molar-refractivity contribution in [1.82, 2.24) is 4.98 Å². The lowest BCUT2D eigenvalue weighted by Crippen LogP contribution is -2.36. The molecular weight excluding hydrogens is 274 g/mol. The van der Waals surface area contributed by atoms with Gasteiger partial charge in [0.2, 0.25) is 5.91 Å². The number of carbonyl (C=O) groups is 1. The number of anilines is 1. The normalized spacial score (nSPS) is 12.2. The number of nitrogens with two attached hydrogens (primary N) is 1. The highest BCUT2D eigenvalue weighted by Crippen LogP contribution is 2.18. The van der Waals surface area contributed by atoms with Crippen molar-refractivity contribution in [2.24, 2.45) is 5.73 Å². The van der Waals surface area contributed by atoms with E-state index in [9.17, 15) is 4.79 Å². The molecule has 0 aliphatic carbocycles. The van der Waals surface area contributed by atoms with Gasteiger partial charge in [0.15, 0.2) is 0 Å². The first-order valence-corrected chi connectivity index (χ1v) is 5.60. The molecule has 1 amide bonds. The molecule has 0 fully saturated rings. The largest absolute Gasteiger partial charge is 0.385 e. The van der Waals surface area contributed by atoms with Crippen LogP contribution in [0.25, 0.3) is 0 Å². The Hall–Kier alpha value is -0.980. The smallest absolute Gasteiger partial charge is 0.241 e. The molecule has 3 N–H and O–H groups in total. The summed E-state index contributed by atoms with van der Waals surface area (Å²) in [4.78, 5) is 15.6. The number of pyridine rings is 1. The molecule has 1 aromatic rings. The van der Waals surface area contributed by atoms with Crippen LogP contribution in [0.5, 0.6) is 0 Å². The second-order valence-corrected chi connectivity index (χ2v) is 3.97. The summed E-state index contributed by atoms with van der Waals surface area (Å²) in [5, 5.41) is 2.69. The number of nitrogens with one attached hydrogen (secondary N) is 1. The van der Waals surface area contributed by atoms with E-state index in [1.54, 1.807) is 25.4 Å². The van der Waals surface area contributed by atoms with Crippen molar-refractivity contribution >= 4 is 27.5 Å². The predicted octanol–water partition coefficient (Wildman–Crippen LogP) is 1.15. The third-order valence-electron chi connectivity index (χ3n) is 1.99. The van der Waals surface area contributed by atoms with Gasteiger partial charge in [-0.1, -0.05) is 0 Å². The summed E-state index contributed by atoms with van der Waals surface area (Å²) < 4.78 is 5.44. The Balaban J connectivity index is 2.54. The molecular formula is C10H14BrN3O2. The number of ether oxygens (including phenoxy) is 1. The Bertz CT molecular complexity index is 360. The average Bonchev–Trinajstić information content (AvgIpc) is 2.28. The number of methoxy groups -OCH3 is 1. The molecule has 6 heteroatoms. The van der Waals surface area contributed by atoms with Gasteiger partial charge in [0.25, 0.3) is 0 Å². The second kappa shape index (κ2) is 6.57. The van der Waals surface area contributed by atoms with Gasteiger partial charge >= 0.3 is 0 Å². The molecule has 0 aliphatic rings. The summed E-state index contributed by atoms with van der Waals surface area (Å²) in [6.07, 6.45) is 2.12. The maximum atomic E-state index is 11.6. The molecule has 0 saturated heterocycles. The summed E-state index contributed by atoms with van der Waals surface area (Å²) >= 11 is 3.24. The highest BCUT2D eigenvalue weighted by Gasteiger charge is 2.14. The van der Waals surface area contributed by atoms with Gasteiger partial charge in [-0.3, -0.25) is 4.79 Å². The van der Waals surface area contributed by atoms with Crippen molar-refractivity contribution in [3.05, 3.63) is 22.9 Å². The SMILES string of the molecule is COCCC(N)C(=O)Nc1cccnc1Br. The Kier molecular flexibility index (Phi) is 5.37. The Morgan fingerprint density at radius 2 is 2.50 bits per heavy atom. The average molecular weight is 288 g/mol. The van der Waals surface area contributed by atoms with Crippen molar-refractivity contribution in [2.75, 3.05) is 19.0 Å². The monoisotopic (exact) mass is 287 g/mol. The van der Waals surface area contributed by atoms with Gasteiger partial charge in [0.05, 0.1) is 11.7 Å². The van der Waals surface area contributed by atoms with Crippen LogP contribution in [0.15, 0.2) is 22.9 Å². The van der Waals surface area contributed by atoms with E-state index in [2.05, 4.69) is 26.2 Å². The third-order valence-corrected chi connectivity index (χ3v) is 2.62. The molecule has 0 saturated carbocycles. The summed E-state index contributed by atoms with van der Waals surface area (Å²) in [5.41, 5.74) is 6.28. The number of halogens is 1. The standard InChI is InChI=1S/C10H14BrN3O2/c1-16-6-4-7(12)10(15)14-8-3-2-5-13-9(8)11/h2-3,5,7H,4,6,12H2,1H3,(H,14,15). The fraction of sp³-hybridized carbons (Fsp3) is 0.400. The lowest BCUT2D eigenvalue weighted by Gasteiger charge is -2.12. The van der Waals surface area contributed by atoms with Crippen LogP contribution in [0.1, 0.15) is 6.42 Å². The van der Waals surface area contributed by atoms with Gasteiger partial charge in [-0.25, -0.2) is 4.98 Å². The first-order valence-electron chi connectivity index (χ1n) is 4.81. The minimum absolute atomic E-state index is 0.245. The zero-order chi connectivity index (χ0) is 12.0. The van der Waals surface area contributed by atoms with Crippen LogP contribution in [0.2, 0.25) is 0 Å². The fourth-order valence-electron chi connectivity index (χ4n) is 1.08. The molecule has 0 aromatic carbocycles. The quantitative estimate of drug-likeness (QED) is 0.797. The van der Waals surface area contributed by atoms with Crippen molar-refractivity contribution in [1.29, 1.82) is 0 Å². The van der Waals surface area contributed by atoms with Crippen molar-refractivity contribution in [3.63, 3.8) is 0 Å². The molecule has 1 heterocycles. The van der Waals surface area contributed by atoms with E-state index in [1.165, 1.54) is 0 Å². The first-order chi connectivity index (χ1) is 7.65. The number of hydrogen-bond acceptors (Lipinski definition) is 4. The minimum Gasteiger partial charge on any atom is -0.385 e. The van der Waals surface area contributed by atoms with E-state index < -0.39 is 6.04 Å². The highest BCUT2D eigenvalue weighted by atomic mass is 79.9. The number of nitrogens with zero attached hydrogens (tertiary/aromatic N) is 1. The van der Waals surface area contributed by atoms with Gasteiger partial charge in [0.1, 0.15) is 4.60 Å². The maximum Gasteiger partial charge on any atom is 0.241 e. The van der Waals surface area contributed by atoms with E-state index in [0.29, 0.717) is 23.3 Å². The number of hydrogen-bond donors (Lipinski definition) is 2. The topological polar surface area (TPSA) is 77.2 Å². The van der Waals surface area contributed by atoms with E-state index >= 15 is 0 Å². The fourth-order valence-corrected chi connectivity index (χ4v) is 1.43. The third kappa shape index (κ3) is 3.88. The van der Waals surface area contributed by atoms with Crippen LogP contribution in [0.4, 0.5) is 5.69 Å². The van der Waals surface area contributed by atoms with Crippen molar-refractivity contribution in [2.45, 2.75) is 12.5 Å². The number of amides is 1. The van der Waals surface area contributed by atoms with E-state index in [4.69, 9.17) is 10.5 Å². The maximum absolute atomic E-state index is 11.6. The molecule has 0 aliphatic heterocycles. The Labute approximate surface area is 103 Å². The van der Waals surface area contributed by atoms with Crippen LogP contribution >= 0.6 is 15.9 Å². The summed E-state index contributed by atoms with van der Waals surface area (Å²) in [6, 6.07) is 2.91. The molecule has 16 heavy (non-hydrogen) atoms. The molecule has 0 bridgehead atoms. The van der Waals surface area contributed by atoms with Crippen LogP contribution in [0.3, 0.4) is 0 Å². The first kappa shape index (κ1) is 13.1.